The highest BCUT2D eigenvalue weighted by molar-refractivity contribution is 7.03. The molecular formula is C16H20N4O3S. The van der Waals surface area contributed by atoms with E-state index in [1.54, 1.807) is 15.2 Å². The molecule has 3 heterocycles. The molecule has 2 amide bonds. The molecule has 0 unspecified atom stereocenters. The maximum Gasteiger partial charge on any atom is 0.256 e. The van der Waals surface area contributed by atoms with E-state index >= 15 is 0 Å². The van der Waals surface area contributed by atoms with Gasteiger partial charge in [-0.2, -0.15) is 4.37 Å². The van der Waals surface area contributed by atoms with Crippen LogP contribution in [0.5, 0.6) is 0 Å². The third-order valence-corrected chi connectivity index (χ3v) is 5.13. The minimum Gasteiger partial charge on any atom is -0.361 e. The van der Waals surface area contributed by atoms with Gasteiger partial charge in [0.25, 0.3) is 5.91 Å². The number of amides is 2. The Bertz CT molecular complexity index is 740. The summed E-state index contributed by atoms with van der Waals surface area (Å²) in [6, 6.07) is 0. The summed E-state index contributed by atoms with van der Waals surface area (Å²) >= 11 is 1.29. The zero-order valence-electron chi connectivity index (χ0n) is 14.0. The minimum atomic E-state index is -0.000859. The number of carbonyl (C=O) groups is 2. The summed E-state index contributed by atoms with van der Waals surface area (Å²) in [5.41, 5.74) is 3.05. The Morgan fingerprint density at radius 1 is 1.12 bits per heavy atom. The highest BCUT2D eigenvalue weighted by Crippen LogP contribution is 2.17. The van der Waals surface area contributed by atoms with Crippen molar-refractivity contribution in [2.45, 2.75) is 27.2 Å². The van der Waals surface area contributed by atoms with Gasteiger partial charge in [0.15, 0.2) is 0 Å². The van der Waals surface area contributed by atoms with Gasteiger partial charge in [-0.15, -0.1) is 0 Å². The molecule has 0 atom stereocenters. The van der Waals surface area contributed by atoms with Gasteiger partial charge in [0, 0.05) is 37.1 Å². The Labute approximate surface area is 144 Å². The molecule has 0 spiro atoms. The minimum absolute atomic E-state index is 0.000859. The predicted molar refractivity (Wildman–Crippen MR) is 89.0 cm³/mol. The first-order valence-corrected chi connectivity index (χ1v) is 8.70. The lowest BCUT2D eigenvalue weighted by Crippen LogP contribution is -2.51. The quantitative estimate of drug-likeness (QED) is 0.841. The van der Waals surface area contributed by atoms with Crippen LogP contribution in [-0.4, -0.2) is 57.3 Å². The monoisotopic (exact) mass is 348 g/mol. The number of piperazine rings is 1. The second-order valence-electron chi connectivity index (χ2n) is 5.97. The summed E-state index contributed by atoms with van der Waals surface area (Å²) in [7, 11) is 0. The Hall–Kier alpha value is -2.22. The smallest absolute Gasteiger partial charge is 0.256 e. The molecule has 1 aliphatic rings. The van der Waals surface area contributed by atoms with Crippen LogP contribution in [0, 0.1) is 20.8 Å². The van der Waals surface area contributed by atoms with Crippen LogP contribution in [0.2, 0.25) is 0 Å². The van der Waals surface area contributed by atoms with E-state index in [9.17, 15) is 9.59 Å². The standard InChI is InChI=1S/C16H20N4O3S/c1-10-13(12(3)23-17-10)8-15(21)19-4-6-20(7-5-19)16(22)14-9-24-18-11(14)2/h9H,4-8H2,1-3H3. The van der Waals surface area contributed by atoms with E-state index in [0.717, 1.165) is 17.0 Å². The molecule has 0 aliphatic carbocycles. The number of aryl methyl sites for hydroxylation is 3. The van der Waals surface area contributed by atoms with Crippen molar-refractivity contribution in [2.24, 2.45) is 0 Å². The largest absolute Gasteiger partial charge is 0.361 e. The molecule has 8 heteroatoms. The van der Waals surface area contributed by atoms with Gasteiger partial charge in [-0.05, 0) is 32.3 Å². The van der Waals surface area contributed by atoms with Gasteiger partial charge in [-0.25, -0.2) is 0 Å². The number of hydrogen-bond donors (Lipinski definition) is 0. The van der Waals surface area contributed by atoms with Gasteiger partial charge in [-0.1, -0.05) is 5.16 Å². The fourth-order valence-corrected chi connectivity index (χ4v) is 3.53. The summed E-state index contributed by atoms with van der Waals surface area (Å²) in [5.74, 6) is 0.735. The van der Waals surface area contributed by atoms with E-state index < -0.39 is 0 Å². The molecule has 0 radical (unpaired) electrons. The van der Waals surface area contributed by atoms with E-state index in [1.165, 1.54) is 11.5 Å². The summed E-state index contributed by atoms with van der Waals surface area (Å²) in [4.78, 5) is 28.5. The van der Waals surface area contributed by atoms with E-state index in [-0.39, 0.29) is 11.8 Å². The van der Waals surface area contributed by atoms with E-state index in [4.69, 9.17) is 4.52 Å². The fraction of sp³-hybridized carbons (Fsp3) is 0.500. The lowest BCUT2D eigenvalue weighted by molar-refractivity contribution is -0.131. The molecule has 7 nitrogen and oxygen atoms in total. The number of hydrogen-bond acceptors (Lipinski definition) is 6. The number of aromatic nitrogens is 2. The van der Waals surface area contributed by atoms with E-state index in [0.29, 0.717) is 43.9 Å². The molecule has 0 bridgehead atoms. The van der Waals surface area contributed by atoms with E-state index in [2.05, 4.69) is 9.53 Å². The van der Waals surface area contributed by atoms with Crippen LogP contribution < -0.4 is 0 Å². The Morgan fingerprint density at radius 3 is 2.33 bits per heavy atom. The summed E-state index contributed by atoms with van der Waals surface area (Å²) < 4.78 is 9.25. The molecule has 2 aromatic heterocycles. The normalized spacial score (nSPS) is 15.0. The maximum atomic E-state index is 12.5. The van der Waals surface area contributed by atoms with Crippen LogP contribution in [0.25, 0.3) is 0 Å². The van der Waals surface area contributed by atoms with E-state index in [1.807, 2.05) is 20.8 Å². The fourth-order valence-electron chi connectivity index (χ4n) is 2.84. The van der Waals surface area contributed by atoms with Crippen LogP contribution >= 0.6 is 11.5 Å². The first kappa shape index (κ1) is 16.6. The van der Waals surface area contributed by atoms with Gasteiger partial charge in [-0.3, -0.25) is 9.59 Å². The third-order valence-electron chi connectivity index (χ3n) is 4.41. The molecule has 2 aromatic rings. The highest BCUT2D eigenvalue weighted by Gasteiger charge is 2.27. The van der Waals surface area contributed by atoms with Gasteiger partial charge in [0.05, 0.1) is 23.4 Å². The Balaban J connectivity index is 1.58. The van der Waals surface area contributed by atoms with Crippen molar-refractivity contribution >= 4 is 23.3 Å². The molecule has 0 saturated carbocycles. The molecular weight excluding hydrogens is 328 g/mol. The number of carbonyl (C=O) groups excluding carboxylic acids is 2. The average molecular weight is 348 g/mol. The molecule has 1 fully saturated rings. The second-order valence-corrected chi connectivity index (χ2v) is 6.60. The topological polar surface area (TPSA) is 79.5 Å². The van der Waals surface area contributed by atoms with Crippen molar-refractivity contribution in [3.63, 3.8) is 0 Å². The Morgan fingerprint density at radius 2 is 1.79 bits per heavy atom. The lowest BCUT2D eigenvalue weighted by atomic mass is 10.1. The molecule has 3 rings (SSSR count). The predicted octanol–water partition coefficient (Wildman–Crippen LogP) is 1.58. The van der Waals surface area contributed by atoms with Crippen molar-refractivity contribution in [3.8, 4) is 0 Å². The average Bonchev–Trinajstić information content (AvgIpc) is 3.14. The van der Waals surface area contributed by atoms with Gasteiger partial charge in [0.1, 0.15) is 5.76 Å². The number of nitrogens with zero attached hydrogens (tertiary/aromatic N) is 4. The van der Waals surface area contributed by atoms with Gasteiger partial charge in [0.2, 0.25) is 5.91 Å². The van der Waals surface area contributed by atoms with Gasteiger partial charge >= 0.3 is 0 Å². The van der Waals surface area contributed by atoms with Gasteiger partial charge < -0.3 is 14.3 Å². The second kappa shape index (κ2) is 6.72. The molecule has 0 aromatic carbocycles. The highest BCUT2D eigenvalue weighted by atomic mass is 32.1. The first-order chi connectivity index (χ1) is 11.5. The van der Waals surface area contributed by atoms with Crippen molar-refractivity contribution in [3.05, 3.63) is 33.7 Å². The third kappa shape index (κ3) is 3.19. The maximum absolute atomic E-state index is 12.5. The molecule has 24 heavy (non-hydrogen) atoms. The van der Waals surface area contributed by atoms with Crippen molar-refractivity contribution < 1.29 is 14.1 Å². The zero-order chi connectivity index (χ0) is 17.3. The van der Waals surface area contributed by atoms with Crippen LogP contribution in [0.15, 0.2) is 9.90 Å². The molecule has 1 saturated heterocycles. The zero-order valence-corrected chi connectivity index (χ0v) is 14.9. The number of rotatable bonds is 3. The van der Waals surface area contributed by atoms with Crippen molar-refractivity contribution in [1.29, 1.82) is 0 Å². The Kier molecular flexibility index (Phi) is 4.66. The summed E-state index contributed by atoms with van der Waals surface area (Å²) in [6.07, 6.45) is 0.294. The molecule has 0 N–H and O–H groups in total. The SMILES string of the molecule is Cc1nscc1C(=O)N1CCN(C(=O)Cc2c(C)noc2C)CC1. The van der Waals surface area contributed by atoms with Crippen molar-refractivity contribution in [2.75, 3.05) is 26.2 Å². The summed E-state index contributed by atoms with van der Waals surface area (Å²) in [5, 5.41) is 5.67. The van der Waals surface area contributed by atoms with Crippen LogP contribution in [0.1, 0.15) is 33.1 Å². The first-order valence-electron chi connectivity index (χ1n) is 7.87. The van der Waals surface area contributed by atoms with Crippen LogP contribution in [-0.2, 0) is 11.2 Å². The van der Waals surface area contributed by atoms with Crippen molar-refractivity contribution in [1.82, 2.24) is 19.3 Å². The summed E-state index contributed by atoms with van der Waals surface area (Å²) in [6.45, 7) is 7.68. The molecule has 1 aliphatic heterocycles. The van der Waals surface area contributed by atoms with Crippen LogP contribution in [0.4, 0.5) is 0 Å². The molecule has 128 valence electrons. The van der Waals surface area contributed by atoms with Crippen LogP contribution in [0.3, 0.4) is 0 Å². The lowest BCUT2D eigenvalue weighted by Gasteiger charge is -2.34.